The van der Waals surface area contributed by atoms with E-state index in [0.717, 1.165) is 0 Å². The van der Waals surface area contributed by atoms with Gasteiger partial charge in [-0.05, 0) is 321 Å². The molecule has 4 nitrogen and oxygen atoms in total. The average molecular weight is 1520 g/mol. The lowest BCUT2D eigenvalue weighted by atomic mass is 9.64. The largest absolute Gasteiger partial charge is 0.213 e. The number of hydrogen-bond acceptors (Lipinski definition) is 0. The number of benzene rings is 8. The van der Waals surface area contributed by atoms with Crippen LogP contribution >= 0.6 is 0 Å². The molecule has 8 aliphatic rings. The van der Waals surface area contributed by atoms with E-state index in [1.165, 1.54) is 308 Å². The van der Waals surface area contributed by atoms with E-state index in [2.05, 4.69) is 320 Å². The molecule has 12 aromatic rings. The van der Waals surface area contributed by atoms with Crippen molar-refractivity contribution in [2.24, 2.45) is 49.9 Å². The van der Waals surface area contributed by atoms with Crippen molar-refractivity contribution in [3.8, 4) is 89.5 Å². The van der Waals surface area contributed by atoms with E-state index in [4.69, 9.17) is 0 Å². The second kappa shape index (κ2) is 32.8. The number of aromatic nitrogens is 4. The molecule has 4 heteroatoms. The molecule has 0 N–H and O–H groups in total. The molecular formula is C111H126N4+4. The molecule has 20 rings (SSSR count). The van der Waals surface area contributed by atoms with Crippen molar-refractivity contribution in [2.45, 2.75) is 228 Å². The zero-order chi connectivity index (χ0) is 79.2. The summed E-state index contributed by atoms with van der Waals surface area (Å²) >= 11 is 0. The van der Waals surface area contributed by atoms with Crippen LogP contribution in [0, 0.1) is 70.1 Å². The van der Waals surface area contributed by atoms with Crippen molar-refractivity contribution in [2.75, 3.05) is 0 Å². The molecule has 0 atom stereocenters. The van der Waals surface area contributed by atoms with Crippen molar-refractivity contribution in [3.05, 3.63) is 308 Å². The summed E-state index contributed by atoms with van der Waals surface area (Å²) in [6.07, 6.45) is 48.0. The average Bonchev–Trinajstić information content (AvgIpc) is 1.38. The number of nitrogens with zero attached hydrogens (tertiary/aromatic N) is 4. The fraction of sp³-hybridized carbons (Fsp3) is 0.387. The Balaban J connectivity index is 0.000000111. The Bertz CT molecular complexity index is 5620. The van der Waals surface area contributed by atoms with Crippen LogP contribution in [0.2, 0.25) is 0 Å². The van der Waals surface area contributed by atoms with Crippen molar-refractivity contribution < 1.29 is 18.3 Å². The molecule has 0 unspecified atom stereocenters. The fourth-order valence-corrected chi connectivity index (χ4v) is 23.2. The minimum atomic E-state index is 0.573. The standard InChI is InChI=1S/3C28H32N.C27H30N/c1-20-9-5-6-10-25(20)27-16-26(21(2)19-29(27)3)22-11-12-23-17-28(18-24(23)15-22)13-7-4-8-14-28;1-20-8-4-5-9-25(20)27-17-26(21(2)19-29(27)3)23-10-11-24-18-28(13-6-7-14-28)15-12-22(24)16-23;1-21-8-4-5-9-26(21)27-19-24(13-17-29(27)2)23-11-10-22-12-16-28(20-25(22)18-23)14-6-3-7-15-28;1-19-8-4-5-9-24(19)26-15-25(20(2)18-28(26)3)21-10-11-22-16-27(12-6-7-13-27)17-23(22)14-21/h5-6,9-12,15-16,19H,4,7-8,13-14,17-18H2,1-3H3;4-5,8-11,16-17,19H,6-7,12-15,18H2,1-3H3;4-5,8-11,13,17-19H,3,6-7,12,14-16,20H2,1-2H3;4-5,8-11,14-15,18H,6-7,12-13,16-17H2,1-3H3/q4*+1. The first kappa shape index (κ1) is 77.9. The summed E-state index contributed by atoms with van der Waals surface area (Å²) in [5.74, 6) is 0. The molecule has 4 saturated carbocycles. The molecule has 0 amide bonds. The maximum Gasteiger partial charge on any atom is 0.213 e. The van der Waals surface area contributed by atoms with E-state index in [-0.39, 0.29) is 0 Å². The summed E-state index contributed by atoms with van der Waals surface area (Å²) in [6.45, 7) is 15.5. The monoisotopic (exact) mass is 1510 g/mol. The van der Waals surface area contributed by atoms with Gasteiger partial charge in [0.2, 0.25) is 22.8 Å². The fourth-order valence-electron chi connectivity index (χ4n) is 23.2. The molecule has 4 heterocycles. The molecule has 8 aliphatic carbocycles. The quantitative estimate of drug-likeness (QED) is 0.135. The Labute approximate surface area is 689 Å². The van der Waals surface area contributed by atoms with Gasteiger partial charge in [-0.25, -0.2) is 18.3 Å². The molecule has 4 aromatic heterocycles. The van der Waals surface area contributed by atoms with Gasteiger partial charge in [-0.2, -0.15) is 0 Å². The highest BCUT2D eigenvalue weighted by atomic mass is 14.9. The molecule has 0 radical (unpaired) electrons. The van der Waals surface area contributed by atoms with E-state index in [1.54, 1.807) is 44.5 Å². The minimum Gasteiger partial charge on any atom is -0.201 e. The normalized spacial score (nSPS) is 17.5. The van der Waals surface area contributed by atoms with E-state index < -0.39 is 0 Å². The molecular weight excluding hydrogens is 1390 g/mol. The van der Waals surface area contributed by atoms with Gasteiger partial charge in [0.15, 0.2) is 24.8 Å². The van der Waals surface area contributed by atoms with E-state index in [1.807, 2.05) is 0 Å². The zero-order valence-electron chi connectivity index (χ0n) is 71.4. The van der Waals surface area contributed by atoms with Gasteiger partial charge in [0.05, 0.1) is 0 Å². The topological polar surface area (TPSA) is 15.5 Å². The molecule has 0 aliphatic heterocycles. The van der Waals surface area contributed by atoms with Crippen LogP contribution in [0.1, 0.15) is 212 Å². The zero-order valence-corrected chi connectivity index (χ0v) is 71.4. The molecule has 586 valence electrons. The van der Waals surface area contributed by atoms with Crippen LogP contribution < -0.4 is 18.3 Å². The summed E-state index contributed by atoms with van der Waals surface area (Å²) in [5.41, 5.74) is 45.8. The van der Waals surface area contributed by atoms with Crippen LogP contribution in [0.4, 0.5) is 0 Å². The highest BCUT2D eigenvalue weighted by Crippen LogP contribution is 2.53. The Morgan fingerprint density at radius 3 is 0.887 bits per heavy atom. The van der Waals surface area contributed by atoms with Crippen molar-refractivity contribution in [1.82, 2.24) is 0 Å². The molecule has 4 spiro atoms. The smallest absolute Gasteiger partial charge is 0.201 e. The lowest BCUT2D eigenvalue weighted by Crippen LogP contribution is -2.31. The number of rotatable bonds is 8. The highest BCUT2D eigenvalue weighted by Gasteiger charge is 2.42. The summed E-state index contributed by atoms with van der Waals surface area (Å²) in [7, 11) is 8.62. The highest BCUT2D eigenvalue weighted by molar-refractivity contribution is 5.77. The number of fused-ring (bicyclic) bond motifs is 4. The SMILES string of the molecule is Cc1c[n+](C)c(-c2ccccc2C)cc1-c1ccc2c(c1)CC1(CCCC1)C2.Cc1c[n+](C)c(-c2ccccc2C)cc1-c1ccc2c(c1)CC1(CCCCC1)C2.Cc1c[n+](C)c(-c2ccccc2C)cc1-c1ccc2c(c1)CCC1(CCCC1)C2.Cc1ccccc1-c1cc(-c2ccc3c(c2)CC2(CCCCC2)CC3)cc[n+]1C. The molecule has 115 heavy (non-hydrogen) atoms. The summed E-state index contributed by atoms with van der Waals surface area (Å²) in [6, 6.07) is 75.7. The molecule has 8 aromatic carbocycles. The van der Waals surface area contributed by atoms with Gasteiger partial charge in [0.1, 0.15) is 28.2 Å². The third kappa shape index (κ3) is 16.3. The summed E-state index contributed by atoms with van der Waals surface area (Å²) in [4.78, 5) is 0. The van der Waals surface area contributed by atoms with Crippen LogP contribution in [0.15, 0.2) is 225 Å². The number of hydrogen-bond donors (Lipinski definition) is 0. The Hall–Kier alpha value is -9.64. The van der Waals surface area contributed by atoms with Crippen LogP contribution in [0.3, 0.4) is 0 Å². The Kier molecular flexibility index (Phi) is 22.2. The molecule has 4 fully saturated rings. The minimum absolute atomic E-state index is 0.573. The lowest BCUT2D eigenvalue weighted by molar-refractivity contribution is -0.660. The van der Waals surface area contributed by atoms with Gasteiger partial charge >= 0.3 is 0 Å². The first-order chi connectivity index (χ1) is 55.8. The number of pyridine rings is 4. The van der Waals surface area contributed by atoms with E-state index in [9.17, 15) is 0 Å². The van der Waals surface area contributed by atoms with Crippen molar-refractivity contribution in [1.29, 1.82) is 0 Å². The Morgan fingerprint density at radius 1 is 0.209 bits per heavy atom. The van der Waals surface area contributed by atoms with Gasteiger partial charge < -0.3 is 0 Å². The van der Waals surface area contributed by atoms with Gasteiger partial charge in [-0.15, -0.1) is 0 Å². The van der Waals surface area contributed by atoms with E-state index >= 15 is 0 Å². The summed E-state index contributed by atoms with van der Waals surface area (Å²) in [5, 5.41) is 0. The molecule has 0 bridgehead atoms. The van der Waals surface area contributed by atoms with Crippen LogP contribution in [0.25, 0.3) is 89.5 Å². The first-order valence-corrected chi connectivity index (χ1v) is 44.5. The van der Waals surface area contributed by atoms with Crippen LogP contribution in [-0.4, -0.2) is 0 Å². The van der Waals surface area contributed by atoms with Crippen molar-refractivity contribution >= 4 is 0 Å². The van der Waals surface area contributed by atoms with Gasteiger partial charge in [0, 0.05) is 69.3 Å². The lowest BCUT2D eigenvalue weighted by Gasteiger charge is -2.41. The van der Waals surface area contributed by atoms with Crippen molar-refractivity contribution in [3.63, 3.8) is 0 Å². The maximum absolute atomic E-state index is 2.50. The van der Waals surface area contributed by atoms with Gasteiger partial charge in [-0.1, -0.05) is 210 Å². The summed E-state index contributed by atoms with van der Waals surface area (Å²) < 4.78 is 9.04. The Morgan fingerprint density at radius 2 is 0.487 bits per heavy atom. The molecule has 0 saturated heterocycles. The predicted molar refractivity (Wildman–Crippen MR) is 479 cm³/mol. The van der Waals surface area contributed by atoms with Crippen LogP contribution in [0.5, 0.6) is 0 Å². The third-order valence-electron chi connectivity index (χ3n) is 29.7. The second-order valence-electron chi connectivity index (χ2n) is 37.8. The number of aryl methyl sites for hydroxylation is 13. The maximum atomic E-state index is 2.50. The van der Waals surface area contributed by atoms with Gasteiger partial charge in [0.25, 0.3) is 0 Å². The second-order valence-corrected chi connectivity index (χ2v) is 37.8. The van der Waals surface area contributed by atoms with Gasteiger partial charge in [-0.3, -0.25) is 0 Å². The third-order valence-corrected chi connectivity index (χ3v) is 29.7. The van der Waals surface area contributed by atoms with E-state index in [0.29, 0.717) is 21.7 Å². The van der Waals surface area contributed by atoms with Crippen LogP contribution in [-0.2, 0) is 79.6 Å². The predicted octanol–water partition coefficient (Wildman–Crippen LogP) is 25.7. The first-order valence-electron chi connectivity index (χ1n) is 44.5.